The number of rotatable bonds is 6. The average molecular weight is 525 g/mol. The van der Waals surface area contributed by atoms with E-state index in [1.165, 1.54) is 16.7 Å². The highest BCUT2D eigenvalue weighted by atomic mass is 127. The van der Waals surface area contributed by atoms with Gasteiger partial charge in [-0.2, -0.15) is 5.10 Å². The molecule has 0 saturated carbocycles. The molecule has 1 saturated heterocycles. The molecule has 3 rings (SSSR count). The first-order valence-electron chi connectivity index (χ1n) is 10.6. The van der Waals surface area contributed by atoms with E-state index in [1.807, 2.05) is 17.9 Å². The molecule has 1 aromatic heterocycles. The summed E-state index contributed by atoms with van der Waals surface area (Å²) < 4.78 is 7.79. The van der Waals surface area contributed by atoms with Gasteiger partial charge in [0.1, 0.15) is 0 Å². The van der Waals surface area contributed by atoms with Gasteiger partial charge in [0.2, 0.25) is 0 Å². The van der Waals surface area contributed by atoms with Gasteiger partial charge in [0.15, 0.2) is 5.96 Å². The molecule has 1 aliphatic rings. The van der Waals surface area contributed by atoms with E-state index in [9.17, 15) is 0 Å². The van der Waals surface area contributed by atoms with Crippen molar-refractivity contribution in [3.05, 3.63) is 53.3 Å². The number of hydrogen-bond donors (Lipinski definition) is 1. The third-order valence-corrected chi connectivity index (χ3v) is 5.09. The number of ether oxygens (including phenoxy) is 1. The van der Waals surface area contributed by atoms with Gasteiger partial charge in [-0.1, -0.05) is 24.3 Å². The Hall–Kier alpha value is -1.61. The minimum Gasteiger partial charge on any atom is -0.371 e. The Morgan fingerprint density at radius 3 is 2.73 bits per heavy atom. The van der Waals surface area contributed by atoms with E-state index in [-0.39, 0.29) is 29.6 Å². The second kappa shape index (κ2) is 11.1. The summed E-state index contributed by atoms with van der Waals surface area (Å²) in [5.41, 5.74) is 3.58. The number of halogens is 1. The molecular weight excluding hydrogens is 489 g/mol. The monoisotopic (exact) mass is 525 g/mol. The normalized spacial score (nSPS) is 17.2. The fraction of sp³-hybridized carbons (Fsp3) is 0.565. The smallest absolute Gasteiger partial charge is 0.194 e. The number of aryl methyl sites for hydroxylation is 1. The molecule has 1 aliphatic heterocycles. The summed E-state index contributed by atoms with van der Waals surface area (Å²) in [4.78, 5) is 7.29. The van der Waals surface area contributed by atoms with Crippen molar-refractivity contribution in [2.45, 2.75) is 58.8 Å². The summed E-state index contributed by atoms with van der Waals surface area (Å²) in [6.07, 6.45) is 5.25. The Balaban J connectivity index is 0.00000320. The van der Waals surface area contributed by atoms with Crippen LogP contribution in [0.1, 0.15) is 56.7 Å². The third kappa shape index (κ3) is 7.27. The van der Waals surface area contributed by atoms with E-state index in [2.05, 4.69) is 73.5 Å². The standard InChI is InChI=1S/C23H35N5O.HI/c1-6-24-22(28-11-10-20(16-28)21-14-26-27(5)15-21)25-13-18-8-7-9-19(12-18)17-29-23(2,3)4;/h7-9,12,14-15,20H,6,10-11,13,16-17H2,1-5H3,(H,24,25);1H. The number of likely N-dealkylation sites (tertiary alicyclic amines) is 1. The van der Waals surface area contributed by atoms with Crippen molar-refractivity contribution in [2.24, 2.45) is 12.0 Å². The molecule has 1 atom stereocenters. The molecule has 1 unspecified atom stereocenters. The molecule has 1 N–H and O–H groups in total. The fourth-order valence-electron chi connectivity index (χ4n) is 3.59. The first kappa shape index (κ1) is 24.7. The van der Waals surface area contributed by atoms with Gasteiger partial charge < -0.3 is 15.0 Å². The largest absolute Gasteiger partial charge is 0.371 e. The fourth-order valence-corrected chi connectivity index (χ4v) is 3.59. The molecule has 1 aromatic carbocycles. The quantitative estimate of drug-likeness (QED) is 0.347. The summed E-state index contributed by atoms with van der Waals surface area (Å²) in [7, 11) is 1.97. The average Bonchev–Trinajstić information content (AvgIpc) is 3.32. The Morgan fingerprint density at radius 1 is 1.30 bits per heavy atom. The van der Waals surface area contributed by atoms with Crippen molar-refractivity contribution in [1.82, 2.24) is 20.0 Å². The van der Waals surface area contributed by atoms with Crippen molar-refractivity contribution in [1.29, 1.82) is 0 Å². The molecule has 2 heterocycles. The van der Waals surface area contributed by atoms with Crippen molar-refractivity contribution < 1.29 is 4.74 Å². The molecule has 0 bridgehead atoms. The summed E-state index contributed by atoms with van der Waals surface area (Å²) in [5.74, 6) is 1.51. The summed E-state index contributed by atoms with van der Waals surface area (Å²) in [6, 6.07) is 8.54. The highest BCUT2D eigenvalue weighted by Crippen LogP contribution is 2.26. The molecule has 0 aliphatic carbocycles. The van der Waals surface area contributed by atoms with Gasteiger partial charge in [-0.3, -0.25) is 4.68 Å². The lowest BCUT2D eigenvalue weighted by Crippen LogP contribution is -2.40. The number of benzene rings is 1. The van der Waals surface area contributed by atoms with E-state index in [0.717, 1.165) is 32.0 Å². The third-order valence-electron chi connectivity index (χ3n) is 5.09. The van der Waals surface area contributed by atoms with Crippen LogP contribution in [0.3, 0.4) is 0 Å². The predicted molar refractivity (Wildman–Crippen MR) is 133 cm³/mol. The number of aliphatic imine (C=N–C) groups is 1. The highest BCUT2D eigenvalue weighted by molar-refractivity contribution is 14.0. The van der Waals surface area contributed by atoms with Gasteiger partial charge in [0, 0.05) is 38.8 Å². The minimum atomic E-state index is -0.132. The lowest BCUT2D eigenvalue weighted by molar-refractivity contribution is -0.0149. The SMILES string of the molecule is CCNC(=NCc1cccc(COC(C)(C)C)c1)N1CCC(c2cnn(C)c2)C1.I. The molecule has 0 spiro atoms. The van der Waals surface area contributed by atoms with E-state index in [4.69, 9.17) is 9.73 Å². The van der Waals surface area contributed by atoms with Crippen molar-refractivity contribution in [3.63, 3.8) is 0 Å². The molecule has 1 fully saturated rings. The number of aromatic nitrogens is 2. The van der Waals surface area contributed by atoms with Crippen molar-refractivity contribution in [2.75, 3.05) is 19.6 Å². The number of nitrogens with one attached hydrogen (secondary N) is 1. The van der Waals surface area contributed by atoms with Crippen LogP contribution in [0.2, 0.25) is 0 Å². The second-order valence-electron chi connectivity index (χ2n) is 8.77. The Labute approximate surface area is 198 Å². The minimum absolute atomic E-state index is 0. The van der Waals surface area contributed by atoms with Gasteiger partial charge in [-0.15, -0.1) is 24.0 Å². The Kier molecular flexibility index (Phi) is 9.15. The van der Waals surface area contributed by atoms with E-state index >= 15 is 0 Å². The summed E-state index contributed by atoms with van der Waals surface area (Å²) in [6.45, 7) is 12.5. The van der Waals surface area contributed by atoms with Crippen LogP contribution < -0.4 is 5.32 Å². The highest BCUT2D eigenvalue weighted by Gasteiger charge is 2.26. The van der Waals surface area contributed by atoms with Gasteiger partial charge >= 0.3 is 0 Å². The van der Waals surface area contributed by atoms with Crippen molar-refractivity contribution >= 4 is 29.9 Å². The summed E-state index contributed by atoms with van der Waals surface area (Å²) >= 11 is 0. The molecule has 0 radical (unpaired) electrons. The van der Waals surface area contributed by atoms with Gasteiger partial charge in [-0.25, -0.2) is 4.99 Å². The Bertz CT molecular complexity index is 827. The van der Waals surface area contributed by atoms with Crippen LogP contribution in [0.15, 0.2) is 41.7 Å². The number of guanidine groups is 1. The molecule has 7 heteroatoms. The zero-order chi connectivity index (χ0) is 20.9. The predicted octanol–water partition coefficient (Wildman–Crippen LogP) is 4.31. The number of hydrogen-bond acceptors (Lipinski definition) is 3. The zero-order valence-electron chi connectivity index (χ0n) is 18.9. The summed E-state index contributed by atoms with van der Waals surface area (Å²) in [5, 5.41) is 7.79. The lowest BCUT2D eigenvalue weighted by Gasteiger charge is -2.22. The first-order chi connectivity index (χ1) is 13.8. The molecule has 2 aromatic rings. The topological polar surface area (TPSA) is 54.7 Å². The zero-order valence-corrected chi connectivity index (χ0v) is 21.2. The van der Waals surface area contributed by atoms with Crippen LogP contribution in [0.4, 0.5) is 0 Å². The van der Waals surface area contributed by atoms with Crippen LogP contribution in [-0.4, -0.2) is 45.9 Å². The van der Waals surface area contributed by atoms with E-state index in [0.29, 0.717) is 19.1 Å². The molecule has 6 nitrogen and oxygen atoms in total. The van der Waals surface area contributed by atoms with Crippen molar-refractivity contribution in [3.8, 4) is 0 Å². The van der Waals surface area contributed by atoms with Gasteiger partial charge in [0.05, 0.1) is 24.9 Å². The van der Waals surface area contributed by atoms with Gasteiger partial charge in [-0.05, 0) is 50.8 Å². The van der Waals surface area contributed by atoms with E-state index < -0.39 is 0 Å². The van der Waals surface area contributed by atoms with Crippen LogP contribution in [-0.2, 0) is 24.9 Å². The van der Waals surface area contributed by atoms with Crippen LogP contribution >= 0.6 is 24.0 Å². The van der Waals surface area contributed by atoms with Crippen LogP contribution in [0.25, 0.3) is 0 Å². The maximum absolute atomic E-state index is 5.91. The molecule has 166 valence electrons. The lowest BCUT2D eigenvalue weighted by atomic mass is 10.0. The van der Waals surface area contributed by atoms with Gasteiger partial charge in [0.25, 0.3) is 0 Å². The van der Waals surface area contributed by atoms with Crippen LogP contribution in [0.5, 0.6) is 0 Å². The molecule has 30 heavy (non-hydrogen) atoms. The number of nitrogens with zero attached hydrogens (tertiary/aromatic N) is 4. The maximum Gasteiger partial charge on any atom is 0.194 e. The first-order valence-corrected chi connectivity index (χ1v) is 10.6. The molecular formula is C23H36IN5O. The van der Waals surface area contributed by atoms with E-state index in [1.54, 1.807) is 0 Å². The maximum atomic E-state index is 5.91. The molecule has 0 amide bonds. The van der Waals surface area contributed by atoms with Crippen LogP contribution in [0, 0.1) is 0 Å². The second-order valence-corrected chi connectivity index (χ2v) is 8.77. The Morgan fingerprint density at radius 2 is 2.07 bits per heavy atom.